The molecule has 2 aromatic carbocycles. The van der Waals surface area contributed by atoms with Gasteiger partial charge in [-0.3, -0.25) is 0 Å². The molecule has 0 saturated heterocycles. The number of halogens is 1. The van der Waals surface area contributed by atoms with E-state index in [2.05, 4.69) is 0 Å². The van der Waals surface area contributed by atoms with Gasteiger partial charge in [0.15, 0.2) is 0 Å². The van der Waals surface area contributed by atoms with Crippen LogP contribution in [0.1, 0.15) is 11.6 Å². The molecule has 0 bridgehead atoms. The van der Waals surface area contributed by atoms with Gasteiger partial charge in [-0.1, -0.05) is 24.3 Å². The van der Waals surface area contributed by atoms with Crippen molar-refractivity contribution in [2.24, 2.45) is 5.73 Å². The van der Waals surface area contributed by atoms with Gasteiger partial charge < -0.3 is 10.5 Å². The van der Waals surface area contributed by atoms with Gasteiger partial charge in [-0.25, -0.2) is 4.39 Å². The van der Waals surface area contributed by atoms with Crippen molar-refractivity contribution in [2.75, 3.05) is 12.9 Å². The molecule has 0 fully saturated rings. The molecule has 2 nitrogen and oxygen atoms in total. The number of ether oxygens (including phenoxy) is 1. The minimum atomic E-state index is -0.242. The summed E-state index contributed by atoms with van der Waals surface area (Å²) in [7, 11) is 1.65. The average Bonchev–Trinajstić information content (AvgIpc) is 2.45. The lowest BCUT2D eigenvalue weighted by atomic mass is 10.1. The number of benzene rings is 2. The number of thioether (sulfide) groups is 1. The van der Waals surface area contributed by atoms with Crippen LogP contribution in [0.4, 0.5) is 4.39 Å². The van der Waals surface area contributed by atoms with Gasteiger partial charge in [0, 0.05) is 16.7 Å². The molecule has 0 amide bonds. The minimum Gasteiger partial charge on any atom is -0.496 e. The standard InChI is InChI=1S/C15H16FNOS/c1-18-14-4-2-3-5-15(14)19-10-13(17)11-6-8-12(16)9-7-11/h2-9,13H,10,17H2,1H3. The zero-order valence-electron chi connectivity index (χ0n) is 10.7. The van der Waals surface area contributed by atoms with Crippen molar-refractivity contribution in [2.45, 2.75) is 10.9 Å². The van der Waals surface area contributed by atoms with E-state index < -0.39 is 0 Å². The summed E-state index contributed by atoms with van der Waals surface area (Å²) in [5, 5.41) is 0. The van der Waals surface area contributed by atoms with Crippen LogP contribution < -0.4 is 10.5 Å². The van der Waals surface area contributed by atoms with Crippen molar-refractivity contribution >= 4 is 11.8 Å². The zero-order chi connectivity index (χ0) is 13.7. The van der Waals surface area contributed by atoms with Gasteiger partial charge in [0.25, 0.3) is 0 Å². The fraction of sp³-hybridized carbons (Fsp3) is 0.200. The van der Waals surface area contributed by atoms with Gasteiger partial charge in [0.1, 0.15) is 11.6 Å². The fourth-order valence-corrected chi connectivity index (χ4v) is 2.74. The Morgan fingerprint density at radius 1 is 1.16 bits per heavy atom. The number of rotatable bonds is 5. The summed E-state index contributed by atoms with van der Waals surface area (Å²) in [5.74, 6) is 1.32. The van der Waals surface area contributed by atoms with Crippen LogP contribution in [0, 0.1) is 5.82 Å². The number of methoxy groups -OCH3 is 1. The Morgan fingerprint density at radius 2 is 1.84 bits per heavy atom. The van der Waals surface area contributed by atoms with E-state index in [1.54, 1.807) is 31.0 Å². The SMILES string of the molecule is COc1ccccc1SCC(N)c1ccc(F)cc1. The van der Waals surface area contributed by atoms with E-state index in [1.807, 2.05) is 24.3 Å². The van der Waals surface area contributed by atoms with Crippen molar-refractivity contribution in [1.82, 2.24) is 0 Å². The first-order valence-electron chi connectivity index (χ1n) is 5.97. The fourth-order valence-electron chi connectivity index (χ4n) is 1.72. The maximum Gasteiger partial charge on any atom is 0.132 e. The summed E-state index contributed by atoms with van der Waals surface area (Å²) >= 11 is 1.64. The second-order valence-corrected chi connectivity index (χ2v) is 5.18. The van der Waals surface area contributed by atoms with Crippen LogP contribution in [0.15, 0.2) is 53.4 Å². The van der Waals surface area contributed by atoms with E-state index in [9.17, 15) is 4.39 Å². The predicted molar refractivity (Wildman–Crippen MR) is 77.0 cm³/mol. The summed E-state index contributed by atoms with van der Waals surface area (Å²) in [6.07, 6.45) is 0. The molecule has 2 rings (SSSR count). The van der Waals surface area contributed by atoms with Gasteiger partial charge in [0.2, 0.25) is 0 Å². The molecule has 0 aliphatic carbocycles. The monoisotopic (exact) mass is 277 g/mol. The average molecular weight is 277 g/mol. The molecule has 0 radical (unpaired) electrons. The summed E-state index contributed by atoms with van der Waals surface area (Å²) in [6.45, 7) is 0. The third-order valence-electron chi connectivity index (χ3n) is 2.79. The molecule has 0 spiro atoms. The Balaban J connectivity index is 2.00. The lowest BCUT2D eigenvalue weighted by molar-refractivity contribution is 0.405. The minimum absolute atomic E-state index is 0.129. The van der Waals surface area contributed by atoms with E-state index in [0.29, 0.717) is 5.75 Å². The normalized spacial score (nSPS) is 12.2. The molecule has 1 atom stereocenters. The first kappa shape index (κ1) is 13.9. The number of hydrogen-bond acceptors (Lipinski definition) is 3. The molecular weight excluding hydrogens is 261 g/mol. The van der Waals surface area contributed by atoms with Crippen LogP contribution in [0.3, 0.4) is 0 Å². The first-order chi connectivity index (χ1) is 9.20. The largest absolute Gasteiger partial charge is 0.496 e. The zero-order valence-corrected chi connectivity index (χ0v) is 11.5. The van der Waals surface area contributed by atoms with E-state index in [0.717, 1.165) is 16.2 Å². The third-order valence-corrected chi connectivity index (χ3v) is 3.96. The first-order valence-corrected chi connectivity index (χ1v) is 6.96. The highest BCUT2D eigenvalue weighted by Gasteiger charge is 2.09. The van der Waals surface area contributed by atoms with Crippen molar-refractivity contribution in [3.8, 4) is 5.75 Å². The molecule has 100 valence electrons. The molecule has 0 saturated carbocycles. The van der Waals surface area contributed by atoms with Crippen molar-refractivity contribution in [1.29, 1.82) is 0 Å². The van der Waals surface area contributed by atoms with Crippen molar-refractivity contribution in [3.63, 3.8) is 0 Å². The second kappa shape index (κ2) is 6.59. The maximum absolute atomic E-state index is 12.8. The molecule has 1 unspecified atom stereocenters. The van der Waals surface area contributed by atoms with Crippen LogP contribution in [-0.2, 0) is 0 Å². The topological polar surface area (TPSA) is 35.2 Å². The molecule has 2 aromatic rings. The summed E-state index contributed by atoms with van der Waals surface area (Å²) < 4.78 is 18.1. The number of nitrogens with two attached hydrogens (primary N) is 1. The van der Waals surface area contributed by atoms with Crippen molar-refractivity contribution < 1.29 is 9.13 Å². The van der Waals surface area contributed by atoms with Crippen LogP contribution in [0.25, 0.3) is 0 Å². The van der Waals surface area contributed by atoms with E-state index >= 15 is 0 Å². The van der Waals surface area contributed by atoms with Gasteiger partial charge >= 0.3 is 0 Å². The highest BCUT2D eigenvalue weighted by Crippen LogP contribution is 2.31. The third kappa shape index (κ3) is 3.72. The Kier molecular flexibility index (Phi) is 4.82. The maximum atomic E-state index is 12.8. The highest BCUT2D eigenvalue weighted by atomic mass is 32.2. The van der Waals surface area contributed by atoms with E-state index in [-0.39, 0.29) is 11.9 Å². The second-order valence-electron chi connectivity index (χ2n) is 4.12. The van der Waals surface area contributed by atoms with Gasteiger partial charge in [0.05, 0.1) is 7.11 Å². The Labute approximate surface area is 116 Å². The molecule has 4 heteroatoms. The van der Waals surface area contributed by atoms with Crippen LogP contribution in [0.5, 0.6) is 5.75 Å². The molecule has 19 heavy (non-hydrogen) atoms. The lowest BCUT2D eigenvalue weighted by Gasteiger charge is -2.13. The number of hydrogen-bond donors (Lipinski definition) is 1. The molecule has 0 aliphatic heterocycles. The van der Waals surface area contributed by atoms with Gasteiger partial charge in [-0.05, 0) is 29.8 Å². The quantitative estimate of drug-likeness (QED) is 0.848. The van der Waals surface area contributed by atoms with E-state index in [1.165, 1.54) is 12.1 Å². The molecule has 2 N–H and O–H groups in total. The smallest absolute Gasteiger partial charge is 0.132 e. The van der Waals surface area contributed by atoms with E-state index in [4.69, 9.17) is 10.5 Å². The van der Waals surface area contributed by atoms with Crippen LogP contribution in [-0.4, -0.2) is 12.9 Å². The van der Waals surface area contributed by atoms with Crippen molar-refractivity contribution in [3.05, 3.63) is 59.9 Å². The van der Waals surface area contributed by atoms with Crippen LogP contribution >= 0.6 is 11.8 Å². The summed E-state index contributed by atoms with van der Waals surface area (Å²) in [5.41, 5.74) is 7.03. The summed E-state index contributed by atoms with van der Waals surface area (Å²) in [6, 6.07) is 14.0. The lowest BCUT2D eigenvalue weighted by Crippen LogP contribution is -2.12. The molecule has 0 heterocycles. The Hall–Kier alpha value is -1.52. The Bertz CT molecular complexity index is 530. The summed E-state index contributed by atoms with van der Waals surface area (Å²) in [4.78, 5) is 1.06. The molecular formula is C15H16FNOS. The van der Waals surface area contributed by atoms with Gasteiger partial charge in [-0.2, -0.15) is 0 Å². The highest BCUT2D eigenvalue weighted by molar-refractivity contribution is 7.99. The predicted octanol–water partition coefficient (Wildman–Crippen LogP) is 3.63. The molecule has 0 aromatic heterocycles. The van der Waals surface area contributed by atoms with Crippen LogP contribution in [0.2, 0.25) is 0 Å². The Morgan fingerprint density at radius 3 is 2.53 bits per heavy atom. The molecule has 0 aliphatic rings. The number of para-hydroxylation sites is 1. The van der Waals surface area contributed by atoms with Gasteiger partial charge in [-0.15, -0.1) is 11.8 Å².